The lowest BCUT2D eigenvalue weighted by Gasteiger charge is -2.20. The highest BCUT2D eigenvalue weighted by Crippen LogP contribution is 2.46. The fraction of sp³-hybridized carbons (Fsp3) is 0.667. The quantitative estimate of drug-likeness (QED) is 0.624. The van der Waals surface area contributed by atoms with Crippen molar-refractivity contribution in [2.75, 3.05) is 0 Å². The molecule has 3 heteroatoms. The summed E-state index contributed by atoms with van der Waals surface area (Å²) in [7, 11) is 0. The van der Waals surface area contributed by atoms with Crippen molar-refractivity contribution in [1.29, 1.82) is 0 Å². The van der Waals surface area contributed by atoms with Gasteiger partial charge in [0.2, 0.25) is 0 Å². The van der Waals surface area contributed by atoms with Gasteiger partial charge in [-0.1, -0.05) is 31.4 Å². The minimum atomic E-state index is 0.165. The molecule has 0 saturated heterocycles. The molecule has 15 heavy (non-hydrogen) atoms. The van der Waals surface area contributed by atoms with Crippen molar-refractivity contribution in [3.63, 3.8) is 0 Å². The second-order valence-electron chi connectivity index (χ2n) is 4.58. The van der Waals surface area contributed by atoms with Crippen LogP contribution in [0.15, 0.2) is 6.07 Å². The van der Waals surface area contributed by atoms with Crippen LogP contribution in [0.1, 0.15) is 42.0 Å². The zero-order valence-electron chi connectivity index (χ0n) is 9.09. The molecule has 0 bridgehead atoms. The van der Waals surface area contributed by atoms with Gasteiger partial charge in [0.05, 0.1) is 9.71 Å². The summed E-state index contributed by atoms with van der Waals surface area (Å²) in [4.78, 5) is 1.25. The van der Waals surface area contributed by atoms with Gasteiger partial charge >= 0.3 is 0 Å². The Morgan fingerprint density at radius 2 is 2.20 bits per heavy atom. The summed E-state index contributed by atoms with van der Waals surface area (Å²) in [6.45, 7) is 4.36. The second kappa shape index (κ2) is 4.65. The molecule has 84 valence electrons. The van der Waals surface area contributed by atoms with Crippen molar-refractivity contribution >= 4 is 34.5 Å². The average Bonchev–Trinajstić information content (AvgIpc) is 2.74. The van der Waals surface area contributed by atoms with E-state index in [0.29, 0.717) is 5.92 Å². The third-order valence-corrected chi connectivity index (χ3v) is 5.78. The van der Waals surface area contributed by atoms with Gasteiger partial charge in [-0.2, -0.15) is 0 Å². The summed E-state index contributed by atoms with van der Waals surface area (Å²) in [5.74, 6) is 1.40. The minimum absolute atomic E-state index is 0.165. The van der Waals surface area contributed by atoms with Gasteiger partial charge in [-0.15, -0.1) is 22.9 Å². The Kier molecular flexibility index (Phi) is 3.64. The molecule has 0 nitrogen and oxygen atoms in total. The van der Waals surface area contributed by atoms with E-state index in [2.05, 4.69) is 13.0 Å². The van der Waals surface area contributed by atoms with E-state index in [-0.39, 0.29) is 5.38 Å². The van der Waals surface area contributed by atoms with E-state index in [1.807, 2.05) is 6.92 Å². The van der Waals surface area contributed by atoms with Crippen molar-refractivity contribution in [3.05, 3.63) is 20.8 Å². The van der Waals surface area contributed by atoms with Crippen molar-refractivity contribution in [2.45, 2.75) is 38.5 Å². The highest BCUT2D eigenvalue weighted by atomic mass is 35.5. The van der Waals surface area contributed by atoms with Crippen LogP contribution in [0.3, 0.4) is 0 Å². The smallest absolute Gasteiger partial charge is 0.0960 e. The van der Waals surface area contributed by atoms with Crippen molar-refractivity contribution in [1.82, 2.24) is 0 Å². The molecule has 0 aromatic carbocycles. The van der Waals surface area contributed by atoms with E-state index in [0.717, 1.165) is 15.8 Å². The fourth-order valence-electron chi connectivity index (χ4n) is 2.44. The maximum atomic E-state index is 6.54. The Labute approximate surface area is 106 Å². The van der Waals surface area contributed by atoms with Gasteiger partial charge in [0, 0.05) is 4.88 Å². The first-order valence-electron chi connectivity index (χ1n) is 5.49. The zero-order chi connectivity index (χ0) is 11.0. The van der Waals surface area contributed by atoms with Crippen molar-refractivity contribution < 1.29 is 0 Å². The molecule has 1 fully saturated rings. The first kappa shape index (κ1) is 11.8. The third kappa shape index (κ3) is 2.35. The second-order valence-corrected chi connectivity index (χ2v) is 6.74. The molecule has 1 aliphatic rings. The summed E-state index contributed by atoms with van der Waals surface area (Å²) in [6, 6.07) is 2.15. The molecule has 0 amide bonds. The topological polar surface area (TPSA) is 0 Å². The maximum Gasteiger partial charge on any atom is 0.0960 e. The SMILES string of the molecule is Cc1cc(C(Cl)C2CCCC2C)sc1Cl. The molecule has 0 aliphatic heterocycles. The molecule has 3 atom stereocenters. The predicted molar refractivity (Wildman–Crippen MR) is 69.2 cm³/mol. The Morgan fingerprint density at radius 1 is 1.47 bits per heavy atom. The lowest BCUT2D eigenvalue weighted by Crippen LogP contribution is -2.09. The Balaban J connectivity index is 2.16. The summed E-state index contributed by atoms with van der Waals surface area (Å²) in [5, 5.41) is 0.165. The molecular weight excluding hydrogens is 247 g/mol. The van der Waals surface area contributed by atoms with Gasteiger partial charge in [0.15, 0.2) is 0 Å². The molecule has 2 rings (SSSR count). The van der Waals surface area contributed by atoms with Crippen LogP contribution in [-0.4, -0.2) is 0 Å². The van der Waals surface area contributed by atoms with E-state index in [1.54, 1.807) is 11.3 Å². The average molecular weight is 263 g/mol. The minimum Gasteiger partial charge on any atom is -0.127 e. The number of alkyl halides is 1. The Hall–Kier alpha value is 0.280. The standard InChI is InChI=1S/C12H16Cl2S/c1-7-4-3-5-9(7)11(13)10-6-8(2)12(14)15-10/h6-7,9,11H,3-5H2,1-2H3. The molecule has 3 unspecified atom stereocenters. The van der Waals surface area contributed by atoms with Gasteiger partial charge in [-0.3, -0.25) is 0 Å². The van der Waals surface area contributed by atoms with Crippen molar-refractivity contribution in [2.24, 2.45) is 11.8 Å². The first-order chi connectivity index (χ1) is 7.09. The molecular formula is C12H16Cl2S. The van der Waals surface area contributed by atoms with Crippen LogP contribution in [0, 0.1) is 18.8 Å². The van der Waals surface area contributed by atoms with E-state index in [9.17, 15) is 0 Å². The molecule has 0 N–H and O–H groups in total. The lowest BCUT2D eigenvalue weighted by atomic mass is 9.93. The number of rotatable bonds is 2. The molecule has 1 aliphatic carbocycles. The predicted octanol–water partition coefficient (Wildman–Crippen LogP) is 5.43. The van der Waals surface area contributed by atoms with Gasteiger partial charge in [-0.05, 0) is 36.8 Å². The van der Waals surface area contributed by atoms with Gasteiger partial charge in [0.1, 0.15) is 0 Å². The van der Waals surface area contributed by atoms with Crippen LogP contribution in [0.4, 0.5) is 0 Å². The number of hydrogen-bond acceptors (Lipinski definition) is 1. The van der Waals surface area contributed by atoms with Crippen LogP contribution in [0.5, 0.6) is 0 Å². The Bertz CT molecular complexity index is 326. The first-order valence-corrected chi connectivity index (χ1v) is 7.12. The number of thiophene rings is 1. The van der Waals surface area contributed by atoms with Crippen LogP contribution < -0.4 is 0 Å². The maximum absolute atomic E-state index is 6.54. The van der Waals surface area contributed by atoms with Crippen molar-refractivity contribution in [3.8, 4) is 0 Å². The van der Waals surface area contributed by atoms with Gasteiger partial charge < -0.3 is 0 Å². The zero-order valence-corrected chi connectivity index (χ0v) is 11.4. The molecule has 1 aromatic heterocycles. The largest absolute Gasteiger partial charge is 0.127 e. The highest BCUT2D eigenvalue weighted by Gasteiger charge is 2.31. The number of aryl methyl sites for hydroxylation is 1. The van der Waals surface area contributed by atoms with Gasteiger partial charge in [0.25, 0.3) is 0 Å². The van der Waals surface area contributed by atoms with E-state index >= 15 is 0 Å². The third-order valence-electron chi connectivity index (χ3n) is 3.45. The van der Waals surface area contributed by atoms with E-state index in [4.69, 9.17) is 23.2 Å². The molecule has 0 spiro atoms. The number of hydrogen-bond donors (Lipinski definition) is 0. The monoisotopic (exact) mass is 262 g/mol. The summed E-state index contributed by atoms with van der Waals surface area (Å²) >= 11 is 14.3. The highest BCUT2D eigenvalue weighted by molar-refractivity contribution is 7.16. The van der Waals surface area contributed by atoms with E-state index in [1.165, 1.54) is 24.1 Å². The van der Waals surface area contributed by atoms with Crippen LogP contribution in [0.25, 0.3) is 0 Å². The molecule has 1 saturated carbocycles. The molecule has 1 aromatic rings. The Morgan fingerprint density at radius 3 is 2.67 bits per heavy atom. The fourth-order valence-corrected chi connectivity index (χ4v) is 4.28. The normalized spacial score (nSPS) is 28.3. The van der Waals surface area contributed by atoms with Crippen LogP contribution >= 0.6 is 34.5 Å². The molecule has 1 heterocycles. The van der Waals surface area contributed by atoms with Crippen LogP contribution in [-0.2, 0) is 0 Å². The summed E-state index contributed by atoms with van der Waals surface area (Å²) < 4.78 is 0.890. The summed E-state index contributed by atoms with van der Waals surface area (Å²) in [5.41, 5.74) is 1.16. The van der Waals surface area contributed by atoms with Gasteiger partial charge in [-0.25, -0.2) is 0 Å². The van der Waals surface area contributed by atoms with Crippen LogP contribution in [0.2, 0.25) is 4.34 Å². The van der Waals surface area contributed by atoms with E-state index < -0.39 is 0 Å². The molecule has 0 radical (unpaired) electrons. The number of halogens is 2. The lowest BCUT2D eigenvalue weighted by molar-refractivity contribution is 0.408. The summed E-state index contributed by atoms with van der Waals surface area (Å²) in [6.07, 6.45) is 3.92.